The van der Waals surface area contributed by atoms with E-state index in [0.717, 1.165) is 18.7 Å². The number of nitrogens with zero attached hydrogens (tertiary/aromatic N) is 1. The number of benzene rings is 1. The van der Waals surface area contributed by atoms with Crippen molar-refractivity contribution in [3.05, 3.63) is 58.0 Å². The molecule has 0 aliphatic carbocycles. The predicted octanol–water partition coefficient (Wildman–Crippen LogP) is 1.13. The lowest BCUT2D eigenvalue weighted by Crippen LogP contribution is -2.18. The molecule has 0 saturated carbocycles. The van der Waals surface area contributed by atoms with Crippen molar-refractivity contribution in [2.45, 2.75) is 13.5 Å². The van der Waals surface area contributed by atoms with Crippen LogP contribution in [0.4, 0.5) is 5.69 Å². The number of aromatic nitrogens is 2. The van der Waals surface area contributed by atoms with Gasteiger partial charge < -0.3 is 10.6 Å². The van der Waals surface area contributed by atoms with Crippen molar-refractivity contribution in [3.8, 4) is 0 Å². The van der Waals surface area contributed by atoms with Gasteiger partial charge in [0, 0.05) is 18.3 Å². The lowest BCUT2D eigenvalue weighted by Gasteiger charge is -2.07. The summed E-state index contributed by atoms with van der Waals surface area (Å²) in [7, 11) is 0. The van der Waals surface area contributed by atoms with Crippen LogP contribution in [0.25, 0.3) is 0 Å². The van der Waals surface area contributed by atoms with Crippen LogP contribution in [-0.2, 0) is 6.54 Å². The van der Waals surface area contributed by atoms with E-state index in [1.807, 2.05) is 25.1 Å². The van der Waals surface area contributed by atoms with Crippen LogP contribution in [0.3, 0.4) is 0 Å². The first-order valence-electron chi connectivity index (χ1n) is 6.36. The van der Waals surface area contributed by atoms with E-state index in [-0.39, 0.29) is 17.2 Å². The molecule has 0 atom stereocenters. The van der Waals surface area contributed by atoms with Crippen molar-refractivity contribution in [1.82, 2.24) is 15.5 Å². The average molecular weight is 272 g/mol. The Balaban J connectivity index is 2.07. The predicted molar refractivity (Wildman–Crippen MR) is 76.6 cm³/mol. The highest BCUT2D eigenvalue weighted by atomic mass is 16.2. The molecule has 1 amide bonds. The molecule has 0 saturated heterocycles. The molecule has 1 aromatic heterocycles. The minimum Gasteiger partial charge on any atom is -0.321 e. The van der Waals surface area contributed by atoms with Crippen LogP contribution in [0, 0.1) is 0 Å². The van der Waals surface area contributed by atoms with Gasteiger partial charge in [0.2, 0.25) is 0 Å². The fraction of sp³-hybridized carbons (Fsp3) is 0.214. The number of H-pyrrole nitrogens is 1. The maximum Gasteiger partial charge on any atom is 0.276 e. The number of nitrogens with one attached hydrogen (secondary N) is 3. The van der Waals surface area contributed by atoms with Crippen molar-refractivity contribution < 1.29 is 4.79 Å². The van der Waals surface area contributed by atoms with Gasteiger partial charge in [0.05, 0.1) is 0 Å². The summed E-state index contributed by atoms with van der Waals surface area (Å²) >= 11 is 0. The Hall–Kier alpha value is -2.47. The molecule has 2 aromatic rings. The van der Waals surface area contributed by atoms with Gasteiger partial charge in [-0.1, -0.05) is 19.1 Å². The maximum absolute atomic E-state index is 11.9. The fourth-order valence-electron chi connectivity index (χ4n) is 1.69. The smallest absolute Gasteiger partial charge is 0.276 e. The zero-order valence-electron chi connectivity index (χ0n) is 11.1. The topological polar surface area (TPSA) is 86.9 Å². The maximum atomic E-state index is 11.9. The van der Waals surface area contributed by atoms with Crippen LogP contribution in [0.1, 0.15) is 23.0 Å². The lowest BCUT2D eigenvalue weighted by molar-refractivity contribution is 0.102. The third-order valence-electron chi connectivity index (χ3n) is 2.68. The molecule has 0 aliphatic heterocycles. The van der Waals surface area contributed by atoms with E-state index in [1.165, 1.54) is 12.1 Å². The molecular formula is C14H16N4O2. The largest absolute Gasteiger partial charge is 0.321 e. The number of carbonyl (C=O) groups excluding carboxylic acids is 1. The van der Waals surface area contributed by atoms with Gasteiger partial charge in [0.1, 0.15) is 5.69 Å². The Morgan fingerprint density at radius 3 is 2.85 bits per heavy atom. The van der Waals surface area contributed by atoms with Crippen molar-refractivity contribution >= 4 is 11.6 Å². The number of hydrogen-bond donors (Lipinski definition) is 3. The van der Waals surface area contributed by atoms with Crippen molar-refractivity contribution in [2.75, 3.05) is 11.9 Å². The summed E-state index contributed by atoms with van der Waals surface area (Å²) in [4.78, 5) is 22.8. The summed E-state index contributed by atoms with van der Waals surface area (Å²) in [5.41, 5.74) is 1.60. The van der Waals surface area contributed by atoms with E-state index in [4.69, 9.17) is 0 Å². The molecular weight excluding hydrogens is 256 g/mol. The van der Waals surface area contributed by atoms with Crippen LogP contribution in [0.2, 0.25) is 0 Å². The molecule has 0 bridgehead atoms. The number of aromatic amines is 1. The third-order valence-corrected chi connectivity index (χ3v) is 2.68. The Morgan fingerprint density at radius 2 is 2.15 bits per heavy atom. The van der Waals surface area contributed by atoms with Crippen molar-refractivity contribution in [2.24, 2.45) is 0 Å². The van der Waals surface area contributed by atoms with Crippen molar-refractivity contribution in [1.29, 1.82) is 0 Å². The summed E-state index contributed by atoms with van der Waals surface area (Å²) in [5.74, 6) is -0.359. The molecule has 0 spiro atoms. The highest BCUT2D eigenvalue weighted by Crippen LogP contribution is 2.11. The molecule has 6 heteroatoms. The van der Waals surface area contributed by atoms with E-state index >= 15 is 0 Å². The van der Waals surface area contributed by atoms with Gasteiger partial charge in [0.15, 0.2) is 0 Å². The summed E-state index contributed by atoms with van der Waals surface area (Å²) in [6.45, 7) is 3.67. The Labute approximate surface area is 116 Å². The van der Waals surface area contributed by atoms with Crippen LogP contribution >= 0.6 is 0 Å². The molecule has 0 unspecified atom stereocenters. The summed E-state index contributed by atoms with van der Waals surface area (Å²) < 4.78 is 0. The van der Waals surface area contributed by atoms with E-state index in [1.54, 1.807) is 6.07 Å². The van der Waals surface area contributed by atoms with E-state index in [0.29, 0.717) is 5.69 Å². The zero-order valence-corrected chi connectivity index (χ0v) is 11.1. The zero-order chi connectivity index (χ0) is 14.4. The van der Waals surface area contributed by atoms with Crippen LogP contribution in [0.15, 0.2) is 41.2 Å². The standard InChI is InChI=1S/C14H16N4O2/c1-2-15-9-10-4-3-5-11(8-10)16-14(20)12-6-7-13(19)18-17-12/h3-8,15H,2,9H2,1H3,(H,16,20)(H,18,19). The number of carbonyl (C=O) groups is 1. The lowest BCUT2D eigenvalue weighted by atomic mass is 10.2. The van der Waals surface area contributed by atoms with Crippen LogP contribution in [0.5, 0.6) is 0 Å². The molecule has 6 nitrogen and oxygen atoms in total. The third kappa shape index (κ3) is 3.76. The van der Waals surface area contributed by atoms with Gasteiger partial charge in [-0.25, -0.2) is 5.10 Å². The molecule has 0 radical (unpaired) electrons. The quantitative estimate of drug-likeness (QED) is 0.761. The normalized spacial score (nSPS) is 10.2. The van der Waals surface area contributed by atoms with Crippen LogP contribution < -0.4 is 16.2 Å². The monoisotopic (exact) mass is 272 g/mol. The minimum absolute atomic E-state index is 0.168. The van der Waals surface area contributed by atoms with Gasteiger partial charge in [-0.05, 0) is 30.3 Å². The second kappa shape index (κ2) is 6.63. The first-order valence-corrected chi connectivity index (χ1v) is 6.36. The Morgan fingerprint density at radius 1 is 1.30 bits per heavy atom. The fourth-order valence-corrected chi connectivity index (χ4v) is 1.69. The highest BCUT2D eigenvalue weighted by Gasteiger charge is 2.07. The molecule has 0 fully saturated rings. The summed E-state index contributed by atoms with van der Waals surface area (Å²) in [5, 5.41) is 11.9. The van der Waals surface area contributed by atoms with Gasteiger partial charge in [0.25, 0.3) is 11.5 Å². The van der Waals surface area contributed by atoms with E-state index in [2.05, 4.69) is 20.8 Å². The Kier molecular flexibility index (Phi) is 4.62. The molecule has 20 heavy (non-hydrogen) atoms. The van der Waals surface area contributed by atoms with E-state index in [9.17, 15) is 9.59 Å². The molecule has 1 heterocycles. The van der Waals surface area contributed by atoms with E-state index < -0.39 is 0 Å². The van der Waals surface area contributed by atoms with Gasteiger partial charge in [-0.3, -0.25) is 9.59 Å². The number of amides is 1. The second-order valence-electron chi connectivity index (χ2n) is 4.24. The number of rotatable bonds is 5. The summed E-state index contributed by atoms with van der Waals surface area (Å²) in [6.07, 6.45) is 0. The van der Waals surface area contributed by atoms with Crippen molar-refractivity contribution in [3.63, 3.8) is 0 Å². The van der Waals surface area contributed by atoms with Crippen LogP contribution in [-0.4, -0.2) is 22.6 Å². The van der Waals surface area contributed by atoms with Gasteiger partial charge in [-0.2, -0.15) is 5.10 Å². The average Bonchev–Trinajstić information content (AvgIpc) is 2.46. The molecule has 104 valence electrons. The molecule has 2 rings (SSSR count). The minimum atomic E-state index is -0.359. The second-order valence-corrected chi connectivity index (χ2v) is 4.24. The first kappa shape index (κ1) is 14.0. The SMILES string of the molecule is CCNCc1cccc(NC(=O)c2ccc(=O)[nH]n2)c1. The summed E-state index contributed by atoms with van der Waals surface area (Å²) in [6, 6.07) is 10.2. The molecule has 0 aliphatic rings. The highest BCUT2D eigenvalue weighted by molar-refractivity contribution is 6.02. The first-order chi connectivity index (χ1) is 9.69. The number of anilines is 1. The molecule has 3 N–H and O–H groups in total. The van der Waals surface area contributed by atoms with Gasteiger partial charge in [-0.15, -0.1) is 0 Å². The Bertz CT molecular complexity index is 631. The number of hydrogen-bond acceptors (Lipinski definition) is 4. The van der Waals surface area contributed by atoms with Gasteiger partial charge >= 0.3 is 0 Å². The molecule has 1 aromatic carbocycles.